The molecule has 3 unspecified atom stereocenters. The second-order valence-electron chi connectivity index (χ2n) is 18.2. The van der Waals surface area contributed by atoms with Crippen LogP contribution >= 0.6 is 7.82 Å². The first-order valence-corrected chi connectivity index (χ1v) is 26.4. The summed E-state index contributed by atoms with van der Waals surface area (Å²) >= 11 is 0. The van der Waals surface area contributed by atoms with E-state index in [4.69, 9.17) is 9.05 Å². The lowest BCUT2D eigenvalue weighted by Crippen LogP contribution is -2.45. The van der Waals surface area contributed by atoms with Crippen molar-refractivity contribution in [3.05, 3.63) is 36.5 Å². The Kier molecular flexibility index (Phi) is 41.1. The second kappa shape index (κ2) is 42.0. The Labute approximate surface area is 366 Å². The maximum absolute atomic E-state index is 12.9. The van der Waals surface area contributed by atoms with E-state index in [0.717, 1.165) is 38.5 Å². The van der Waals surface area contributed by atoms with Crippen LogP contribution in [0.25, 0.3) is 0 Å². The molecule has 0 radical (unpaired) electrons. The number of phosphoric ester groups is 1. The summed E-state index contributed by atoms with van der Waals surface area (Å²) in [4.78, 5) is 23.2. The number of nitrogens with zero attached hydrogens (tertiary/aromatic N) is 1. The lowest BCUT2D eigenvalue weighted by atomic mass is 10.0. The highest BCUT2D eigenvalue weighted by Gasteiger charge is 2.27. The van der Waals surface area contributed by atoms with Crippen molar-refractivity contribution in [2.24, 2.45) is 0 Å². The summed E-state index contributed by atoms with van der Waals surface area (Å²) in [6.45, 7) is 4.79. The number of hydrogen-bond acceptors (Lipinski definition) is 5. The summed E-state index contributed by atoms with van der Waals surface area (Å²) in [6, 6.07) is -0.861. The quantitative estimate of drug-likeness (QED) is 0.0244. The zero-order valence-corrected chi connectivity index (χ0v) is 40.4. The van der Waals surface area contributed by atoms with Crippen molar-refractivity contribution in [3.63, 3.8) is 0 Å². The Morgan fingerprint density at radius 3 is 1.36 bits per heavy atom. The van der Waals surface area contributed by atoms with E-state index in [-0.39, 0.29) is 19.1 Å². The van der Waals surface area contributed by atoms with Crippen molar-refractivity contribution < 1.29 is 32.9 Å². The fourth-order valence-corrected chi connectivity index (χ4v) is 7.85. The van der Waals surface area contributed by atoms with E-state index in [1.807, 2.05) is 27.2 Å². The smallest absolute Gasteiger partial charge is 0.387 e. The number of phosphoric acid groups is 1. The number of nitrogens with one attached hydrogen (secondary N) is 1. The third-order valence-electron chi connectivity index (χ3n) is 11.1. The highest BCUT2D eigenvalue weighted by Crippen LogP contribution is 2.43. The number of allylic oxidation sites excluding steroid dienone is 5. The minimum Gasteiger partial charge on any atom is -0.387 e. The van der Waals surface area contributed by atoms with Crippen LogP contribution in [0.15, 0.2) is 36.5 Å². The molecule has 0 heterocycles. The van der Waals surface area contributed by atoms with E-state index >= 15 is 0 Å². The van der Waals surface area contributed by atoms with Crippen LogP contribution in [0.1, 0.15) is 226 Å². The van der Waals surface area contributed by atoms with Crippen LogP contribution in [0.2, 0.25) is 0 Å². The molecule has 3 N–H and O–H groups in total. The van der Waals surface area contributed by atoms with E-state index < -0.39 is 20.0 Å². The number of carbonyl (C=O) groups is 1. The number of aliphatic hydroxyl groups is 1. The van der Waals surface area contributed by atoms with Crippen molar-refractivity contribution in [1.29, 1.82) is 0 Å². The van der Waals surface area contributed by atoms with Gasteiger partial charge in [0.25, 0.3) is 0 Å². The Bertz CT molecular complexity index is 1060. The topological polar surface area (TPSA) is 105 Å². The molecule has 348 valence electrons. The fourth-order valence-electron chi connectivity index (χ4n) is 7.11. The van der Waals surface area contributed by atoms with Crippen LogP contribution in [-0.2, 0) is 18.4 Å². The molecule has 8 nitrogen and oxygen atoms in total. The highest BCUT2D eigenvalue weighted by atomic mass is 31.2. The molecular formula is C50H98N2O6P+. The third-order valence-corrected chi connectivity index (χ3v) is 12.1. The average Bonchev–Trinajstić information content (AvgIpc) is 3.19. The van der Waals surface area contributed by atoms with Gasteiger partial charge in [0.05, 0.1) is 39.9 Å². The fraction of sp³-hybridized carbons (Fsp3) is 0.860. The SMILES string of the molecule is CCCCCCCCCC/C=C\CCCCCCCCCCCCCC(=O)NC(COP(=O)(O)OCC[N+](C)(C)C)C(O)/C=C/CC/C=C/CCCCCCCCCC. The van der Waals surface area contributed by atoms with Crippen LogP contribution in [0.3, 0.4) is 0 Å². The molecule has 59 heavy (non-hydrogen) atoms. The summed E-state index contributed by atoms with van der Waals surface area (Å²) in [5, 5.41) is 13.8. The molecule has 3 atom stereocenters. The number of likely N-dealkylation sites (N-methyl/N-ethyl adjacent to an activating group) is 1. The van der Waals surface area contributed by atoms with Crippen LogP contribution in [-0.4, -0.2) is 73.4 Å². The van der Waals surface area contributed by atoms with Gasteiger partial charge in [0.1, 0.15) is 13.2 Å². The maximum atomic E-state index is 12.9. The maximum Gasteiger partial charge on any atom is 0.472 e. The van der Waals surface area contributed by atoms with Crippen molar-refractivity contribution in [3.8, 4) is 0 Å². The lowest BCUT2D eigenvalue weighted by molar-refractivity contribution is -0.870. The van der Waals surface area contributed by atoms with Crippen LogP contribution < -0.4 is 5.32 Å². The van der Waals surface area contributed by atoms with E-state index in [2.05, 4.69) is 43.5 Å². The molecule has 0 saturated carbocycles. The Hall–Kier alpha value is -1.28. The predicted octanol–water partition coefficient (Wildman–Crippen LogP) is 14.3. The molecule has 0 saturated heterocycles. The molecule has 0 spiro atoms. The van der Waals surface area contributed by atoms with E-state index in [0.29, 0.717) is 17.4 Å². The van der Waals surface area contributed by atoms with Gasteiger partial charge in [-0.05, 0) is 57.8 Å². The van der Waals surface area contributed by atoms with Crippen molar-refractivity contribution in [2.75, 3.05) is 40.9 Å². The van der Waals surface area contributed by atoms with Gasteiger partial charge in [-0.2, -0.15) is 0 Å². The van der Waals surface area contributed by atoms with Crippen molar-refractivity contribution >= 4 is 13.7 Å². The predicted molar refractivity (Wildman–Crippen MR) is 254 cm³/mol. The number of aliphatic hydroxyl groups excluding tert-OH is 1. The molecular weight excluding hydrogens is 756 g/mol. The zero-order valence-electron chi connectivity index (χ0n) is 39.5. The average molecular weight is 854 g/mol. The first kappa shape index (κ1) is 57.7. The normalized spacial score (nSPS) is 14.5. The molecule has 0 aliphatic rings. The molecule has 0 aliphatic carbocycles. The number of amides is 1. The monoisotopic (exact) mass is 854 g/mol. The number of hydrogen-bond donors (Lipinski definition) is 3. The van der Waals surface area contributed by atoms with Gasteiger partial charge in [0.2, 0.25) is 5.91 Å². The number of rotatable bonds is 45. The van der Waals surface area contributed by atoms with Gasteiger partial charge in [-0.3, -0.25) is 13.8 Å². The van der Waals surface area contributed by atoms with Gasteiger partial charge in [-0.1, -0.05) is 198 Å². The largest absolute Gasteiger partial charge is 0.472 e. The second-order valence-corrected chi connectivity index (χ2v) is 19.6. The van der Waals surface area contributed by atoms with Gasteiger partial charge in [0.15, 0.2) is 0 Å². The minimum atomic E-state index is -4.35. The summed E-state index contributed by atoms with van der Waals surface area (Å²) in [6.07, 6.45) is 52.3. The van der Waals surface area contributed by atoms with Crippen LogP contribution in [0.5, 0.6) is 0 Å². The molecule has 0 fully saturated rings. The molecule has 0 aromatic heterocycles. The van der Waals surface area contributed by atoms with Crippen LogP contribution in [0, 0.1) is 0 Å². The Morgan fingerprint density at radius 1 is 0.559 bits per heavy atom. The standard InChI is InChI=1S/C50H97N2O6P/c1-6-8-10-12-14-16-18-20-22-23-24-25-26-27-28-29-30-32-34-36-38-40-42-44-50(54)51-48(47-58-59(55,56)57-46-45-52(3,4)5)49(53)43-41-39-37-35-33-31-21-19-17-15-13-11-9-7-2/h23-24,33,35,41,43,48-49,53H,6-22,25-32,34,36-40,42,44-47H2,1-5H3,(H-,51,54,55,56)/p+1/b24-23-,35-33+,43-41+. The molecule has 0 aliphatic heterocycles. The molecule has 0 rings (SSSR count). The Morgan fingerprint density at radius 2 is 0.932 bits per heavy atom. The van der Waals surface area contributed by atoms with Gasteiger partial charge < -0.3 is 19.8 Å². The van der Waals surface area contributed by atoms with Crippen molar-refractivity contribution in [2.45, 2.75) is 238 Å². The van der Waals surface area contributed by atoms with E-state index in [9.17, 15) is 19.4 Å². The number of carbonyl (C=O) groups excluding carboxylic acids is 1. The molecule has 0 aromatic rings. The first-order valence-electron chi connectivity index (χ1n) is 24.9. The lowest BCUT2D eigenvalue weighted by Gasteiger charge is -2.25. The Balaban J connectivity index is 4.29. The van der Waals surface area contributed by atoms with Gasteiger partial charge in [-0.15, -0.1) is 0 Å². The number of quaternary nitrogens is 1. The number of unbranched alkanes of at least 4 members (excludes halogenated alkanes) is 28. The van der Waals surface area contributed by atoms with Gasteiger partial charge in [0, 0.05) is 6.42 Å². The molecule has 0 bridgehead atoms. The molecule has 1 amide bonds. The highest BCUT2D eigenvalue weighted by molar-refractivity contribution is 7.47. The van der Waals surface area contributed by atoms with E-state index in [1.165, 1.54) is 167 Å². The van der Waals surface area contributed by atoms with E-state index in [1.54, 1.807) is 6.08 Å². The summed E-state index contributed by atoms with van der Waals surface area (Å²) in [5.74, 6) is -0.187. The van der Waals surface area contributed by atoms with Gasteiger partial charge >= 0.3 is 7.82 Å². The first-order chi connectivity index (χ1) is 28.5. The minimum absolute atomic E-state index is 0.0564. The van der Waals surface area contributed by atoms with Gasteiger partial charge in [-0.25, -0.2) is 4.57 Å². The van der Waals surface area contributed by atoms with Crippen LogP contribution in [0.4, 0.5) is 0 Å². The van der Waals surface area contributed by atoms with Crippen molar-refractivity contribution in [1.82, 2.24) is 5.32 Å². The third kappa shape index (κ3) is 44.6. The molecule has 0 aromatic carbocycles. The summed E-state index contributed by atoms with van der Waals surface area (Å²) < 4.78 is 23.6. The zero-order chi connectivity index (χ0) is 43.6. The summed E-state index contributed by atoms with van der Waals surface area (Å²) in [7, 11) is 1.56. The molecule has 9 heteroatoms. The summed E-state index contributed by atoms with van der Waals surface area (Å²) in [5.41, 5.74) is 0.